The third kappa shape index (κ3) is 3.36. The number of benzene rings is 1. The van der Waals surface area contributed by atoms with Gasteiger partial charge in [-0.15, -0.1) is 0 Å². The number of pyridine rings is 1. The Kier molecular flexibility index (Phi) is 4.74. The third-order valence-corrected chi connectivity index (χ3v) is 3.55. The van der Waals surface area contributed by atoms with Crippen LogP contribution in [0.4, 0.5) is 0 Å². The molecule has 0 saturated carbocycles. The highest BCUT2D eigenvalue weighted by molar-refractivity contribution is 5.39. The molecule has 2 aromatic rings. The Hall–Kier alpha value is -1.87. The maximum Gasteiger partial charge on any atom is 0.130 e. The summed E-state index contributed by atoms with van der Waals surface area (Å²) in [6.07, 6.45) is 1.80. The van der Waals surface area contributed by atoms with E-state index in [2.05, 4.69) is 55.3 Å². The number of nitrogens with zero attached hydrogens (tertiary/aromatic N) is 1. The fourth-order valence-electron chi connectivity index (χ4n) is 2.10. The lowest BCUT2D eigenvalue weighted by molar-refractivity contribution is 0.294. The molecule has 106 valence electrons. The Bertz CT molecular complexity index is 581. The zero-order valence-corrected chi connectivity index (χ0v) is 12.6. The van der Waals surface area contributed by atoms with E-state index in [-0.39, 0.29) is 6.04 Å². The smallest absolute Gasteiger partial charge is 0.130 e. The average molecular weight is 270 g/mol. The molecule has 0 aliphatic heterocycles. The normalized spacial score (nSPS) is 12.2. The highest BCUT2D eigenvalue weighted by atomic mass is 16.5. The van der Waals surface area contributed by atoms with Gasteiger partial charge in [0.2, 0.25) is 0 Å². The molecule has 2 rings (SSSR count). The third-order valence-electron chi connectivity index (χ3n) is 3.55. The topological polar surface area (TPSA) is 34.1 Å². The van der Waals surface area contributed by atoms with Gasteiger partial charge in [0.1, 0.15) is 12.4 Å². The zero-order valence-electron chi connectivity index (χ0n) is 12.6. The van der Waals surface area contributed by atoms with Crippen LogP contribution < -0.4 is 10.1 Å². The molecule has 1 unspecified atom stereocenters. The van der Waals surface area contributed by atoms with E-state index in [9.17, 15) is 0 Å². The van der Waals surface area contributed by atoms with Crippen molar-refractivity contribution in [2.24, 2.45) is 0 Å². The molecule has 20 heavy (non-hydrogen) atoms. The van der Waals surface area contributed by atoms with Gasteiger partial charge in [-0.3, -0.25) is 4.98 Å². The summed E-state index contributed by atoms with van der Waals surface area (Å²) in [5.41, 5.74) is 4.51. The van der Waals surface area contributed by atoms with Crippen molar-refractivity contribution >= 4 is 0 Å². The van der Waals surface area contributed by atoms with Gasteiger partial charge in [0.15, 0.2) is 0 Å². The first-order valence-corrected chi connectivity index (χ1v) is 6.93. The zero-order chi connectivity index (χ0) is 14.5. The van der Waals surface area contributed by atoms with Crippen LogP contribution in [-0.4, -0.2) is 12.0 Å². The lowest BCUT2D eigenvalue weighted by Gasteiger charge is -2.17. The Balaban J connectivity index is 2.20. The van der Waals surface area contributed by atoms with Gasteiger partial charge in [0, 0.05) is 17.8 Å². The molecule has 0 aliphatic carbocycles. The number of aromatic nitrogens is 1. The number of ether oxygens (including phenoxy) is 1. The van der Waals surface area contributed by atoms with E-state index in [1.54, 1.807) is 6.20 Å². The second kappa shape index (κ2) is 6.53. The van der Waals surface area contributed by atoms with Gasteiger partial charge in [-0.1, -0.05) is 18.2 Å². The van der Waals surface area contributed by atoms with Crippen LogP contribution in [0.1, 0.15) is 35.3 Å². The summed E-state index contributed by atoms with van der Waals surface area (Å²) in [5.74, 6) is 0.928. The standard InChI is InChI=1S/C17H22N2O/c1-12-7-8-15(14(3)18-4)17(10-12)20-11-16-13(2)6-5-9-19-16/h5-10,14,18H,11H2,1-4H3. The largest absolute Gasteiger partial charge is 0.487 e. The van der Waals surface area contributed by atoms with Gasteiger partial charge in [0.25, 0.3) is 0 Å². The number of hydrogen-bond donors (Lipinski definition) is 1. The van der Waals surface area contributed by atoms with Crippen LogP contribution in [0.3, 0.4) is 0 Å². The van der Waals surface area contributed by atoms with Crippen LogP contribution in [0.25, 0.3) is 0 Å². The van der Waals surface area contributed by atoms with Crippen molar-refractivity contribution in [1.82, 2.24) is 10.3 Å². The SMILES string of the molecule is CNC(C)c1ccc(C)cc1OCc1ncccc1C. The van der Waals surface area contributed by atoms with E-state index in [0.29, 0.717) is 6.61 Å². The molecule has 0 saturated heterocycles. The molecule has 0 radical (unpaired) electrons. The minimum atomic E-state index is 0.260. The number of nitrogens with one attached hydrogen (secondary N) is 1. The summed E-state index contributed by atoms with van der Waals surface area (Å²) in [5, 5.41) is 3.26. The Morgan fingerprint density at radius 2 is 2.05 bits per heavy atom. The van der Waals surface area contributed by atoms with Crippen LogP contribution in [-0.2, 0) is 6.61 Å². The van der Waals surface area contributed by atoms with Crippen LogP contribution in [0, 0.1) is 13.8 Å². The average Bonchev–Trinajstić information content (AvgIpc) is 2.46. The minimum absolute atomic E-state index is 0.260. The molecule has 0 amide bonds. The Labute approximate surface area is 121 Å². The molecule has 0 aliphatic rings. The van der Waals surface area contributed by atoms with Gasteiger partial charge in [-0.2, -0.15) is 0 Å². The number of rotatable bonds is 5. The highest BCUT2D eigenvalue weighted by Crippen LogP contribution is 2.27. The van der Waals surface area contributed by atoms with Gasteiger partial charge >= 0.3 is 0 Å². The van der Waals surface area contributed by atoms with Crippen LogP contribution in [0.2, 0.25) is 0 Å². The lowest BCUT2D eigenvalue weighted by atomic mass is 10.1. The molecule has 1 N–H and O–H groups in total. The predicted octanol–water partition coefficient (Wildman–Crippen LogP) is 3.56. The Morgan fingerprint density at radius 3 is 2.75 bits per heavy atom. The fraction of sp³-hybridized carbons (Fsp3) is 0.353. The van der Waals surface area contributed by atoms with Crippen molar-refractivity contribution in [1.29, 1.82) is 0 Å². The van der Waals surface area contributed by atoms with E-state index >= 15 is 0 Å². The maximum absolute atomic E-state index is 6.01. The predicted molar refractivity (Wildman–Crippen MR) is 82.0 cm³/mol. The molecule has 3 heteroatoms. The molecule has 0 bridgehead atoms. The quantitative estimate of drug-likeness (QED) is 0.902. The summed E-state index contributed by atoms with van der Waals surface area (Å²) in [7, 11) is 1.96. The van der Waals surface area contributed by atoms with Crippen LogP contribution >= 0.6 is 0 Å². The second-order valence-electron chi connectivity index (χ2n) is 5.11. The summed E-state index contributed by atoms with van der Waals surface area (Å²) >= 11 is 0. The molecular weight excluding hydrogens is 248 g/mol. The van der Waals surface area contributed by atoms with Crippen molar-refractivity contribution in [2.45, 2.75) is 33.4 Å². The van der Waals surface area contributed by atoms with E-state index in [4.69, 9.17) is 4.74 Å². The molecule has 3 nitrogen and oxygen atoms in total. The first-order valence-electron chi connectivity index (χ1n) is 6.93. The second-order valence-corrected chi connectivity index (χ2v) is 5.11. The molecule has 1 aromatic heterocycles. The summed E-state index contributed by atoms with van der Waals surface area (Å²) in [6, 6.07) is 10.6. The van der Waals surface area contributed by atoms with E-state index in [1.807, 2.05) is 13.1 Å². The van der Waals surface area contributed by atoms with Crippen LogP contribution in [0.15, 0.2) is 36.5 Å². The van der Waals surface area contributed by atoms with Crippen molar-refractivity contribution in [3.63, 3.8) is 0 Å². The van der Waals surface area contributed by atoms with Crippen LogP contribution in [0.5, 0.6) is 5.75 Å². The monoisotopic (exact) mass is 270 g/mol. The first kappa shape index (κ1) is 14.5. The van der Waals surface area contributed by atoms with E-state index in [0.717, 1.165) is 17.0 Å². The molecule has 1 aromatic carbocycles. The van der Waals surface area contributed by atoms with Crippen molar-refractivity contribution in [3.8, 4) is 5.75 Å². The van der Waals surface area contributed by atoms with Gasteiger partial charge in [-0.05, 0) is 51.1 Å². The van der Waals surface area contributed by atoms with Crippen molar-refractivity contribution in [2.75, 3.05) is 7.05 Å². The van der Waals surface area contributed by atoms with E-state index < -0.39 is 0 Å². The fourth-order valence-corrected chi connectivity index (χ4v) is 2.10. The summed E-state index contributed by atoms with van der Waals surface area (Å²) in [4.78, 5) is 4.37. The molecular formula is C17H22N2O. The molecule has 1 atom stereocenters. The number of aryl methyl sites for hydroxylation is 2. The van der Waals surface area contributed by atoms with Gasteiger partial charge in [-0.25, -0.2) is 0 Å². The number of hydrogen-bond acceptors (Lipinski definition) is 3. The summed E-state index contributed by atoms with van der Waals surface area (Å²) in [6.45, 7) is 6.76. The molecule has 0 fully saturated rings. The molecule has 1 heterocycles. The van der Waals surface area contributed by atoms with Gasteiger partial charge in [0.05, 0.1) is 5.69 Å². The van der Waals surface area contributed by atoms with Gasteiger partial charge < -0.3 is 10.1 Å². The Morgan fingerprint density at radius 1 is 1.25 bits per heavy atom. The minimum Gasteiger partial charge on any atom is -0.487 e. The van der Waals surface area contributed by atoms with E-state index in [1.165, 1.54) is 11.1 Å². The highest BCUT2D eigenvalue weighted by Gasteiger charge is 2.11. The first-order chi connectivity index (χ1) is 9.61. The molecule has 0 spiro atoms. The summed E-state index contributed by atoms with van der Waals surface area (Å²) < 4.78 is 6.01. The van der Waals surface area contributed by atoms with Crippen molar-refractivity contribution < 1.29 is 4.74 Å². The maximum atomic E-state index is 6.01. The lowest BCUT2D eigenvalue weighted by Crippen LogP contribution is -2.14. The van der Waals surface area contributed by atoms with Crippen molar-refractivity contribution in [3.05, 3.63) is 58.9 Å².